The number of rotatable bonds is 5. The van der Waals surface area contributed by atoms with Crippen molar-refractivity contribution in [3.8, 4) is 0 Å². The van der Waals surface area contributed by atoms with E-state index < -0.39 is 0 Å². The maximum Gasteiger partial charge on any atom is 0.226 e. The molecule has 0 unspecified atom stereocenters. The zero-order valence-corrected chi connectivity index (χ0v) is 16.8. The van der Waals surface area contributed by atoms with Crippen molar-refractivity contribution in [3.05, 3.63) is 60.1 Å². The SMILES string of the molecule is Cc1cc(N2CCC[C@H](c3nccn3Cc3ccncc3)C2)nc(N(C)C)n1. The fourth-order valence-corrected chi connectivity index (χ4v) is 3.79. The Morgan fingerprint density at radius 3 is 2.75 bits per heavy atom. The fourth-order valence-electron chi connectivity index (χ4n) is 3.79. The summed E-state index contributed by atoms with van der Waals surface area (Å²) in [4.78, 5) is 22.4. The van der Waals surface area contributed by atoms with E-state index in [1.54, 1.807) is 0 Å². The summed E-state index contributed by atoms with van der Waals surface area (Å²) >= 11 is 0. The molecular weight excluding hydrogens is 350 g/mol. The summed E-state index contributed by atoms with van der Waals surface area (Å²) in [7, 11) is 3.96. The lowest BCUT2D eigenvalue weighted by Crippen LogP contribution is -2.36. The lowest BCUT2D eigenvalue weighted by molar-refractivity contribution is 0.474. The van der Waals surface area contributed by atoms with Crippen molar-refractivity contribution in [2.75, 3.05) is 37.0 Å². The minimum Gasteiger partial charge on any atom is -0.356 e. The lowest BCUT2D eigenvalue weighted by atomic mass is 9.97. The molecule has 4 rings (SSSR count). The van der Waals surface area contributed by atoms with Crippen molar-refractivity contribution < 1.29 is 0 Å². The highest BCUT2D eigenvalue weighted by atomic mass is 15.3. The van der Waals surface area contributed by atoms with Crippen LogP contribution < -0.4 is 9.80 Å². The van der Waals surface area contributed by atoms with Gasteiger partial charge in [-0.2, -0.15) is 4.98 Å². The van der Waals surface area contributed by atoms with Gasteiger partial charge in [0.15, 0.2) is 0 Å². The average Bonchev–Trinajstić information content (AvgIpc) is 3.16. The molecule has 0 N–H and O–H groups in total. The maximum absolute atomic E-state index is 4.77. The van der Waals surface area contributed by atoms with Crippen molar-refractivity contribution in [2.24, 2.45) is 0 Å². The molecule has 7 heteroatoms. The molecule has 0 aliphatic carbocycles. The number of hydrogen-bond acceptors (Lipinski definition) is 6. The summed E-state index contributed by atoms with van der Waals surface area (Å²) in [5.74, 6) is 3.31. The van der Waals surface area contributed by atoms with Crippen molar-refractivity contribution >= 4 is 11.8 Å². The molecule has 3 aromatic heterocycles. The molecule has 4 heterocycles. The van der Waals surface area contributed by atoms with Crippen molar-refractivity contribution in [2.45, 2.75) is 32.2 Å². The van der Waals surface area contributed by atoms with Crippen LogP contribution in [0.5, 0.6) is 0 Å². The van der Waals surface area contributed by atoms with Gasteiger partial charge in [-0.15, -0.1) is 0 Å². The average molecular weight is 377 g/mol. The molecule has 1 atom stereocenters. The number of aromatic nitrogens is 5. The van der Waals surface area contributed by atoms with E-state index in [0.717, 1.165) is 55.8 Å². The van der Waals surface area contributed by atoms with Crippen LogP contribution in [0, 0.1) is 6.92 Å². The van der Waals surface area contributed by atoms with Gasteiger partial charge in [-0.05, 0) is 37.5 Å². The van der Waals surface area contributed by atoms with E-state index in [-0.39, 0.29) is 0 Å². The van der Waals surface area contributed by atoms with Gasteiger partial charge in [0.05, 0.1) is 0 Å². The zero-order chi connectivity index (χ0) is 19.5. The van der Waals surface area contributed by atoms with Gasteiger partial charge in [-0.25, -0.2) is 9.97 Å². The normalized spacial score (nSPS) is 17.0. The van der Waals surface area contributed by atoms with Gasteiger partial charge in [-0.3, -0.25) is 4.98 Å². The van der Waals surface area contributed by atoms with Crippen LogP contribution in [0.15, 0.2) is 43.0 Å². The van der Waals surface area contributed by atoms with Gasteiger partial charge < -0.3 is 14.4 Å². The summed E-state index contributed by atoms with van der Waals surface area (Å²) in [6.45, 7) is 4.80. The summed E-state index contributed by atoms with van der Waals surface area (Å²) in [6.07, 6.45) is 9.95. The minimum absolute atomic E-state index is 0.392. The zero-order valence-electron chi connectivity index (χ0n) is 16.8. The summed E-state index contributed by atoms with van der Waals surface area (Å²) in [6, 6.07) is 6.20. The molecule has 3 aromatic rings. The molecule has 0 aromatic carbocycles. The van der Waals surface area contributed by atoms with E-state index in [1.807, 2.05) is 44.5 Å². The third-order valence-corrected chi connectivity index (χ3v) is 5.19. The van der Waals surface area contributed by atoms with Gasteiger partial charge in [0.2, 0.25) is 5.95 Å². The predicted octanol–water partition coefficient (Wildman–Crippen LogP) is 2.87. The van der Waals surface area contributed by atoms with Crippen LogP contribution >= 0.6 is 0 Å². The van der Waals surface area contributed by atoms with Crippen LogP contribution in [0.4, 0.5) is 11.8 Å². The number of hydrogen-bond donors (Lipinski definition) is 0. The van der Waals surface area contributed by atoms with E-state index in [4.69, 9.17) is 9.97 Å². The van der Waals surface area contributed by atoms with Crippen LogP contribution in [-0.4, -0.2) is 51.7 Å². The summed E-state index contributed by atoms with van der Waals surface area (Å²) < 4.78 is 2.26. The Bertz CT molecular complexity index is 920. The van der Waals surface area contributed by atoms with E-state index in [1.165, 1.54) is 5.56 Å². The monoisotopic (exact) mass is 377 g/mol. The Morgan fingerprint density at radius 2 is 1.96 bits per heavy atom. The van der Waals surface area contributed by atoms with E-state index >= 15 is 0 Å². The Kier molecular flexibility index (Phi) is 5.23. The van der Waals surface area contributed by atoms with Crippen molar-refractivity contribution in [1.82, 2.24) is 24.5 Å². The van der Waals surface area contributed by atoms with Gasteiger partial charge >= 0.3 is 0 Å². The third-order valence-electron chi connectivity index (χ3n) is 5.19. The van der Waals surface area contributed by atoms with E-state index in [0.29, 0.717) is 5.92 Å². The van der Waals surface area contributed by atoms with Crippen LogP contribution in [-0.2, 0) is 6.54 Å². The number of aryl methyl sites for hydroxylation is 1. The largest absolute Gasteiger partial charge is 0.356 e. The van der Waals surface area contributed by atoms with Crippen LogP contribution in [0.3, 0.4) is 0 Å². The number of anilines is 2. The first kappa shape index (κ1) is 18.4. The number of piperidine rings is 1. The first-order valence-corrected chi connectivity index (χ1v) is 9.78. The number of nitrogens with zero attached hydrogens (tertiary/aromatic N) is 7. The van der Waals surface area contributed by atoms with Crippen molar-refractivity contribution in [3.63, 3.8) is 0 Å². The molecule has 0 amide bonds. The van der Waals surface area contributed by atoms with E-state index in [2.05, 4.69) is 43.8 Å². The van der Waals surface area contributed by atoms with Gasteiger partial charge in [-0.1, -0.05) is 0 Å². The van der Waals surface area contributed by atoms with Gasteiger partial charge in [0.1, 0.15) is 11.6 Å². The number of imidazole rings is 1. The van der Waals surface area contributed by atoms with Gasteiger partial charge in [0, 0.05) is 76.2 Å². The van der Waals surface area contributed by atoms with Crippen molar-refractivity contribution in [1.29, 1.82) is 0 Å². The first-order chi connectivity index (χ1) is 13.6. The predicted molar refractivity (Wildman–Crippen MR) is 111 cm³/mol. The molecule has 1 aliphatic heterocycles. The molecular formula is C21H27N7. The minimum atomic E-state index is 0.392. The second-order valence-corrected chi connectivity index (χ2v) is 7.62. The third kappa shape index (κ3) is 3.98. The molecule has 0 saturated carbocycles. The Labute approximate surface area is 166 Å². The summed E-state index contributed by atoms with van der Waals surface area (Å²) in [5.41, 5.74) is 2.24. The van der Waals surface area contributed by atoms with Crippen LogP contribution in [0.1, 0.15) is 35.8 Å². The molecule has 1 aliphatic rings. The molecule has 28 heavy (non-hydrogen) atoms. The maximum atomic E-state index is 4.77. The molecule has 146 valence electrons. The first-order valence-electron chi connectivity index (χ1n) is 9.78. The molecule has 7 nitrogen and oxygen atoms in total. The molecule has 0 spiro atoms. The topological polar surface area (TPSA) is 63.0 Å². The van der Waals surface area contributed by atoms with Gasteiger partial charge in [0.25, 0.3) is 0 Å². The molecule has 0 bridgehead atoms. The summed E-state index contributed by atoms with van der Waals surface area (Å²) in [5, 5.41) is 0. The van der Waals surface area contributed by atoms with Crippen LogP contribution in [0.25, 0.3) is 0 Å². The number of pyridine rings is 1. The fraction of sp³-hybridized carbons (Fsp3) is 0.429. The Morgan fingerprint density at radius 1 is 1.14 bits per heavy atom. The molecule has 1 fully saturated rings. The Balaban J connectivity index is 1.55. The standard InChI is InChI=1S/C21H27N7/c1-16-13-19(25-21(24-16)26(2)3)27-11-4-5-18(15-27)20-23-10-12-28(20)14-17-6-8-22-9-7-17/h6-10,12-13,18H,4-5,11,14-15H2,1-3H3/t18-/m0/s1. The highest BCUT2D eigenvalue weighted by molar-refractivity contribution is 5.46. The Hall–Kier alpha value is -2.96. The smallest absolute Gasteiger partial charge is 0.226 e. The molecule has 1 saturated heterocycles. The van der Waals surface area contributed by atoms with Crippen LogP contribution in [0.2, 0.25) is 0 Å². The highest BCUT2D eigenvalue weighted by Crippen LogP contribution is 2.29. The second kappa shape index (κ2) is 7.96. The lowest BCUT2D eigenvalue weighted by Gasteiger charge is -2.34. The highest BCUT2D eigenvalue weighted by Gasteiger charge is 2.26. The quantitative estimate of drug-likeness (QED) is 0.681. The molecule has 0 radical (unpaired) electrons. The second-order valence-electron chi connectivity index (χ2n) is 7.62. The van der Waals surface area contributed by atoms with E-state index in [9.17, 15) is 0 Å².